The molecule has 0 N–H and O–H groups in total. The number of hydrogen-bond donors (Lipinski definition) is 0. The molecule has 8 aromatic rings. The average Bonchev–Trinajstić information content (AvgIpc) is 3.84. The summed E-state index contributed by atoms with van der Waals surface area (Å²) in [4.78, 5) is 2.50. The van der Waals surface area contributed by atoms with Crippen molar-refractivity contribution < 1.29 is 0 Å². The van der Waals surface area contributed by atoms with Gasteiger partial charge in [-0.2, -0.15) is 0 Å². The molecule has 0 radical (unpaired) electrons. The van der Waals surface area contributed by atoms with Crippen LogP contribution in [0.1, 0.15) is 53.6 Å². The van der Waals surface area contributed by atoms with Gasteiger partial charge in [0.25, 0.3) is 0 Å². The van der Waals surface area contributed by atoms with Gasteiger partial charge in [0.1, 0.15) is 0 Å². The number of fused-ring (bicyclic) bond motifs is 12. The number of anilines is 3. The molecule has 7 aromatic carbocycles. The highest BCUT2D eigenvalue weighted by Gasteiger charge is 2.36. The second-order valence-corrected chi connectivity index (χ2v) is 16.2. The molecule has 0 unspecified atom stereocenters. The molecule has 0 amide bonds. The maximum absolute atomic E-state index is 2.50. The molecule has 2 heteroatoms. The topological polar surface area (TPSA) is 3.24 Å². The summed E-state index contributed by atoms with van der Waals surface area (Å²) in [7, 11) is 0. The van der Waals surface area contributed by atoms with Gasteiger partial charge in [-0.1, -0.05) is 129 Å². The predicted octanol–water partition coefficient (Wildman–Crippen LogP) is 14.0. The number of hydrogen-bond acceptors (Lipinski definition) is 2. The largest absolute Gasteiger partial charge is 0.309 e. The average molecular weight is 684 g/mol. The molecule has 1 aromatic heterocycles. The zero-order valence-electron chi connectivity index (χ0n) is 29.4. The van der Waals surface area contributed by atoms with Gasteiger partial charge in [-0.3, -0.25) is 0 Å². The molecule has 0 saturated heterocycles. The zero-order valence-corrected chi connectivity index (χ0v) is 30.2. The normalized spacial score (nSPS) is 14.6. The van der Waals surface area contributed by atoms with E-state index in [-0.39, 0.29) is 5.41 Å². The fourth-order valence-electron chi connectivity index (χ4n) is 9.47. The Balaban J connectivity index is 1.12. The third-order valence-electron chi connectivity index (χ3n) is 12.0. The van der Waals surface area contributed by atoms with Gasteiger partial charge in [0.2, 0.25) is 0 Å². The van der Waals surface area contributed by atoms with Crippen LogP contribution in [-0.4, -0.2) is 0 Å². The Morgan fingerprint density at radius 2 is 1.38 bits per heavy atom. The molecule has 52 heavy (non-hydrogen) atoms. The van der Waals surface area contributed by atoms with Crippen molar-refractivity contribution in [2.75, 3.05) is 4.90 Å². The first-order chi connectivity index (χ1) is 25.5. The van der Waals surface area contributed by atoms with Gasteiger partial charge < -0.3 is 4.90 Å². The number of thiophene rings is 1. The highest BCUT2D eigenvalue weighted by Crippen LogP contribution is 2.54. The van der Waals surface area contributed by atoms with Gasteiger partial charge in [-0.15, -0.1) is 11.3 Å². The van der Waals surface area contributed by atoms with Gasteiger partial charge in [0.05, 0.1) is 10.4 Å². The highest BCUT2D eigenvalue weighted by molar-refractivity contribution is 7.26. The van der Waals surface area contributed by atoms with Gasteiger partial charge >= 0.3 is 0 Å². The van der Waals surface area contributed by atoms with E-state index in [0.717, 1.165) is 24.9 Å². The Hall–Kier alpha value is -5.70. The van der Waals surface area contributed by atoms with E-state index in [1.807, 2.05) is 11.3 Å². The third kappa shape index (κ3) is 4.28. The van der Waals surface area contributed by atoms with Gasteiger partial charge in [0, 0.05) is 32.3 Å². The lowest BCUT2D eigenvalue weighted by Crippen LogP contribution is -2.16. The van der Waals surface area contributed by atoms with Crippen molar-refractivity contribution in [1.29, 1.82) is 0 Å². The molecule has 0 saturated carbocycles. The molecule has 0 bridgehead atoms. The van der Waals surface area contributed by atoms with Crippen molar-refractivity contribution in [2.45, 2.75) is 38.5 Å². The van der Waals surface area contributed by atoms with E-state index in [1.165, 1.54) is 87.2 Å². The van der Waals surface area contributed by atoms with Crippen LogP contribution < -0.4 is 4.90 Å². The fraction of sp³-hybridized carbons (Fsp3) is 0.120. The molecular formula is C50H37NS. The lowest BCUT2D eigenvalue weighted by molar-refractivity contribution is 0.660. The van der Waals surface area contributed by atoms with Crippen LogP contribution in [0, 0.1) is 0 Å². The first-order valence-corrected chi connectivity index (χ1v) is 19.3. The van der Waals surface area contributed by atoms with Gasteiger partial charge in [0.15, 0.2) is 0 Å². The van der Waals surface area contributed by atoms with Crippen molar-refractivity contribution in [1.82, 2.24) is 0 Å². The number of allylic oxidation sites excluding steroid dienone is 1. The summed E-state index contributed by atoms with van der Waals surface area (Å²) < 4.78 is 2.69. The monoisotopic (exact) mass is 683 g/mol. The minimum atomic E-state index is -0.0860. The van der Waals surface area contributed by atoms with Crippen molar-refractivity contribution >= 4 is 54.6 Å². The Labute approximate surface area is 309 Å². The summed E-state index contributed by atoms with van der Waals surface area (Å²) in [5, 5.41) is 2.76. The lowest BCUT2D eigenvalue weighted by Gasteiger charge is -2.28. The first-order valence-electron chi connectivity index (χ1n) is 18.5. The van der Waals surface area contributed by atoms with Crippen LogP contribution in [-0.2, 0) is 18.3 Å². The van der Waals surface area contributed by atoms with E-state index < -0.39 is 0 Å². The summed E-state index contributed by atoms with van der Waals surface area (Å²) in [6.07, 6.45) is 7.95. The minimum absolute atomic E-state index is 0.0860. The SMILES string of the molecule is CC1(C)c2ccccc2-c2ccc(N(c3ccc(-c4ccccc4)cc3)c3cccc4c3sc3ccc5c(c34)-c3ccc4c(c3C5)CCC=C4)cc21. The third-order valence-corrected chi connectivity index (χ3v) is 13.2. The number of nitrogens with zero attached hydrogens (tertiary/aromatic N) is 1. The van der Waals surface area contributed by atoms with Crippen molar-refractivity contribution in [2.24, 2.45) is 0 Å². The van der Waals surface area contributed by atoms with Crippen molar-refractivity contribution in [3.63, 3.8) is 0 Å². The van der Waals surface area contributed by atoms with E-state index in [4.69, 9.17) is 0 Å². The van der Waals surface area contributed by atoms with E-state index in [2.05, 4.69) is 170 Å². The molecule has 0 aliphatic heterocycles. The molecule has 0 fully saturated rings. The van der Waals surface area contributed by atoms with Crippen LogP contribution in [0.25, 0.3) is 59.6 Å². The molecule has 11 rings (SSSR count). The molecule has 0 atom stereocenters. The minimum Gasteiger partial charge on any atom is -0.309 e. The summed E-state index contributed by atoms with van der Waals surface area (Å²) in [5.74, 6) is 0. The van der Waals surface area contributed by atoms with Crippen LogP contribution in [0.3, 0.4) is 0 Å². The van der Waals surface area contributed by atoms with Crippen LogP contribution in [0.15, 0.2) is 146 Å². The summed E-state index contributed by atoms with van der Waals surface area (Å²) >= 11 is 1.94. The van der Waals surface area contributed by atoms with Crippen LogP contribution in [0.2, 0.25) is 0 Å². The smallest absolute Gasteiger partial charge is 0.0640 e. The maximum Gasteiger partial charge on any atom is 0.0640 e. The molecule has 1 nitrogen and oxygen atoms in total. The summed E-state index contributed by atoms with van der Waals surface area (Å²) in [6, 6.07) is 52.4. The lowest BCUT2D eigenvalue weighted by atomic mass is 9.82. The van der Waals surface area contributed by atoms with Crippen molar-refractivity contribution in [3.8, 4) is 33.4 Å². The second-order valence-electron chi connectivity index (χ2n) is 15.2. The Bertz CT molecular complexity index is 2780. The number of benzene rings is 7. The Kier molecular flexibility index (Phi) is 6.43. The van der Waals surface area contributed by atoms with E-state index in [9.17, 15) is 0 Å². The zero-order chi connectivity index (χ0) is 34.6. The molecule has 0 spiro atoms. The van der Waals surface area contributed by atoms with Crippen LogP contribution in [0.4, 0.5) is 17.1 Å². The molecule has 248 valence electrons. The predicted molar refractivity (Wildman–Crippen MR) is 223 cm³/mol. The van der Waals surface area contributed by atoms with E-state index in [0.29, 0.717) is 0 Å². The van der Waals surface area contributed by atoms with E-state index >= 15 is 0 Å². The molecular weight excluding hydrogens is 647 g/mol. The second kappa shape index (κ2) is 11.1. The standard InChI is InChI=1S/C50H37NS/c1-50(2)43-17-9-8-15-38(43)39-27-25-36(30-44(39)50)51(35-23-19-32(20-24-35)31-11-4-3-5-12-31)45-18-10-16-41-48-46(52-49(41)45)28-22-34-29-42-37-14-7-6-13-33(37)21-26-40(42)47(34)48/h3-6,8-13,15-28,30H,7,14,29H2,1-2H3. The van der Waals surface area contributed by atoms with Crippen LogP contribution in [0.5, 0.6) is 0 Å². The summed E-state index contributed by atoms with van der Waals surface area (Å²) in [5.41, 5.74) is 20.3. The van der Waals surface area contributed by atoms with Crippen molar-refractivity contribution in [3.05, 3.63) is 179 Å². The quantitative estimate of drug-likeness (QED) is 0.178. The Morgan fingerprint density at radius 1 is 0.615 bits per heavy atom. The first kappa shape index (κ1) is 30.0. The van der Waals surface area contributed by atoms with Gasteiger partial charge in [-0.25, -0.2) is 0 Å². The molecule has 3 aliphatic rings. The molecule has 1 heterocycles. The summed E-state index contributed by atoms with van der Waals surface area (Å²) in [6.45, 7) is 4.75. The van der Waals surface area contributed by atoms with Crippen LogP contribution >= 0.6 is 11.3 Å². The molecule has 3 aliphatic carbocycles. The Morgan fingerprint density at radius 3 is 2.27 bits per heavy atom. The van der Waals surface area contributed by atoms with Gasteiger partial charge in [-0.05, 0) is 122 Å². The highest BCUT2D eigenvalue weighted by atomic mass is 32.1. The van der Waals surface area contributed by atoms with E-state index in [1.54, 1.807) is 11.1 Å². The fourth-order valence-corrected chi connectivity index (χ4v) is 10.7. The maximum atomic E-state index is 2.50. The number of rotatable bonds is 4.